The predicted molar refractivity (Wildman–Crippen MR) is 104 cm³/mol. The first kappa shape index (κ1) is 19.1. The van der Waals surface area contributed by atoms with Crippen LogP contribution in [0.3, 0.4) is 0 Å². The van der Waals surface area contributed by atoms with E-state index in [1.54, 1.807) is 29.5 Å². The lowest BCUT2D eigenvalue weighted by Crippen LogP contribution is -2.16. The van der Waals surface area contributed by atoms with Crippen LogP contribution in [0.4, 0.5) is 0 Å². The fraction of sp³-hybridized carbons (Fsp3) is 0.211. The predicted octanol–water partition coefficient (Wildman–Crippen LogP) is 3.86. The van der Waals surface area contributed by atoms with Gasteiger partial charge >= 0.3 is 5.97 Å². The van der Waals surface area contributed by atoms with E-state index in [4.69, 9.17) is 14.2 Å². The monoisotopic (exact) mass is 403 g/mol. The number of ketones is 1. The highest BCUT2D eigenvalue weighted by atomic mass is 32.1. The summed E-state index contributed by atoms with van der Waals surface area (Å²) < 4.78 is 15.4. The van der Waals surface area contributed by atoms with Crippen LogP contribution in [-0.4, -0.2) is 37.6 Å². The number of aromatic nitrogens is 1. The lowest BCUT2D eigenvalue weighted by Gasteiger charge is -2.09. The summed E-state index contributed by atoms with van der Waals surface area (Å²) in [5.41, 5.74) is 2.05. The van der Waals surface area contributed by atoms with Crippen molar-refractivity contribution in [3.05, 3.63) is 51.7 Å². The summed E-state index contributed by atoms with van der Waals surface area (Å²) in [5.74, 6) is 0.154. The van der Waals surface area contributed by atoms with Gasteiger partial charge in [-0.2, -0.15) is 11.3 Å². The normalized spacial score (nSPS) is 10.4. The van der Waals surface area contributed by atoms with Crippen LogP contribution < -0.4 is 9.47 Å². The molecule has 0 amide bonds. The molecule has 2 heterocycles. The SMILES string of the molecule is COc1ccc(C(=O)COC(=O)Cc2csc(-c3ccsc3)n2)cc1OC. The molecule has 0 aliphatic rings. The van der Waals surface area contributed by atoms with Gasteiger partial charge in [-0.1, -0.05) is 0 Å². The van der Waals surface area contributed by atoms with E-state index >= 15 is 0 Å². The Kier molecular flexibility index (Phi) is 6.20. The van der Waals surface area contributed by atoms with Gasteiger partial charge in [-0.15, -0.1) is 11.3 Å². The van der Waals surface area contributed by atoms with Crippen LogP contribution in [0.15, 0.2) is 40.4 Å². The summed E-state index contributed by atoms with van der Waals surface area (Å²) in [6.07, 6.45) is 0.0276. The first-order valence-electron chi connectivity index (χ1n) is 7.98. The van der Waals surface area contributed by atoms with Gasteiger partial charge in [0.1, 0.15) is 5.01 Å². The third-order valence-electron chi connectivity index (χ3n) is 3.72. The van der Waals surface area contributed by atoms with Gasteiger partial charge in [-0.3, -0.25) is 9.59 Å². The smallest absolute Gasteiger partial charge is 0.312 e. The van der Waals surface area contributed by atoms with Gasteiger partial charge in [-0.25, -0.2) is 4.98 Å². The Balaban J connectivity index is 1.55. The van der Waals surface area contributed by atoms with Crippen LogP contribution in [-0.2, 0) is 16.0 Å². The van der Waals surface area contributed by atoms with Crippen LogP contribution in [0.1, 0.15) is 16.1 Å². The van der Waals surface area contributed by atoms with Crippen molar-refractivity contribution >= 4 is 34.4 Å². The number of rotatable bonds is 8. The molecule has 0 spiro atoms. The minimum Gasteiger partial charge on any atom is -0.493 e. The van der Waals surface area contributed by atoms with Crippen LogP contribution in [0.5, 0.6) is 11.5 Å². The van der Waals surface area contributed by atoms with Gasteiger partial charge in [0.05, 0.1) is 26.3 Å². The molecule has 3 aromatic rings. The van der Waals surface area contributed by atoms with Crippen molar-refractivity contribution in [2.75, 3.05) is 20.8 Å². The number of hydrogen-bond acceptors (Lipinski definition) is 8. The van der Waals surface area contributed by atoms with E-state index < -0.39 is 5.97 Å². The highest BCUT2D eigenvalue weighted by Crippen LogP contribution is 2.28. The third-order valence-corrected chi connectivity index (χ3v) is 5.34. The Morgan fingerprint density at radius 2 is 1.89 bits per heavy atom. The average Bonchev–Trinajstić information content (AvgIpc) is 3.37. The zero-order valence-electron chi connectivity index (χ0n) is 14.8. The van der Waals surface area contributed by atoms with Crippen molar-refractivity contribution in [2.24, 2.45) is 0 Å². The number of thiazole rings is 1. The van der Waals surface area contributed by atoms with Crippen molar-refractivity contribution in [1.29, 1.82) is 0 Å². The topological polar surface area (TPSA) is 74.7 Å². The van der Waals surface area contributed by atoms with Crippen LogP contribution in [0, 0.1) is 0 Å². The van der Waals surface area contributed by atoms with Crippen LogP contribution in [0.2, 0.25) is 0 Å². The molecule has 2 aromatic heterocycles. The Morgan fingerprint density at radius 1 is 1.07 bits per heavy atom. The van der Waals surface area contributed by atoms with E-state index in [0.717, 1.165) is 10.6 Å². The van der Waals surface area contributed by atoms with E-state index in [9.17, 15) is 9.59 Å². The second-order valence-corrected chi connectivity index (χ2v) is 7.12. The quantitative estimate of drug-likeness (QED) is 0.420. The molecule has 0 saturated carbocycles. The molecule has 27 heavy (non-hydrogen) atoms. The Bertz CT molecular complexity index is 933. The fourth-order valence-corrected chi connectivity index (χ4v) is 3.88. The number of ether oxygens (including phenoxy) is 3. The average molecular weight is 403 g/mol. The van der Waals surface area contributed by atoms with Crippen molar-refractivity contribution in [1.82, 2.24) is 4.98 Å². The maximum Gasteiger partial charge on any atom is 0.312 e. The van der Waals surface area contributed by atoms with Crippen molar-refractivity contribution in [3.63, 3.8) is 0 Å². The van der Waals surface area contributed by atoms with Crippen LogP contribution >= 0.6 is 22.7 Å². The molecule has 0 aliphatic carbocycles. The highest BCUT2D eigenvalue weighted by molar-refractivity contribution is 7.14. The fourth-order valence-electron chi connectivity index (χ4n) is 2.34. The van der Waals surface area contributed by atoms with Gasteiger partial charge in [0.15, 0.2) is 23.9 Å². The lowest BCUT2D eigenvalue weighted by atomic mass is 10.1. The molecule has 0 fully saturated rings. The number of benzene rings is 1. The number of thiophene rings is 1. The second kappa shape index (κ2) is 8.79. The number of methoxy groups -OCH3 is 2. The van der Waals surface area contributed by atoms with Gasteiger partial charge < -0.3 is 14.2 Å². The third kappa shape index (κ3) is 4.72. The van der Waals surface area contributed by atoms with Crippen molar-refractivity contribution in [3.8, 4) is 22.1 Å². The molecule has 0 N–H and O–H groups in total. The molecule has 0 bridgehead atoms. The minimum atomic E-state index is -0.494. The lowest BCUT2D eigenvalue weighted by molar-refractivity contribution is -0.141. The largest absolute Gasteiger partial charge is 0.493 e. The number of nitrogens with zero attached hydrogens (tertiary/aromatic N) is 1. The summed E-state index contributed by atoms with van der Waals surface area (Å²) in [6.45, 7) is -0.337. The van der Waals surface area contributed by atoms with E-state index in [0.29, 0.717) is 22.8 Å². The first-order valence-corrected chi connectivity index (χ1v) is 9.80. The van der Waals surface area contributed by atoms with E-state index in [1.807, 2.05) is 22.2 Å². The highest BCUT2D eigenvalue weighted by Gasteiger charge is 2.15. The number of Topliss-reactive ketones (excluding diaryl/α,β-unsaturated/α-hetero) is 1. The van der Waals surface area contributed by atoms with E-state index in [2.05, 4.69) is 4.98 Å². The summed E-state index contributed by atoms with van der Waals surface area (Å²) >= 11 is 3.07. The molecule has 0 saturated heterocycles. The molecule has 1 aromatic carbocycles. The summed E-state index contributed by atoms with van der Waals surface area (Å²) in [5, 5.41) is 6.66. The summed E-state index contributed by atoms with van der Waals surface area (Å²) in [6, 6.07) is 6.77. The van der Waals surface area contributed by atoms with Gasteiger partial charge in [-0.05, 0) is 29.6 Å². The molecule has 6 nitrogen and oxygen atoms in total. The molecule has 0 aliphatic heterocycles. The maximum atomic E-state index is 12.2. The van der Waals surface area contributed by atoms with E-state index in [-0.39, 0.29) is 18.8 Å². The molecule has 0 atom stereocenters. The molecule has 0 radical (unpaired) electrons. The zero-order valence-corrected chi connectivity index (χ0v) is 16.4. The van der Waals surface area contributed by atoms with E-state index in [1.165, 1.54) is 25.6 Å². The molecular formula is C19H17NO5S2. The van der Waals surface area contributed by atoms with Gasteiger partial charge in [0.25, 0.3) is 0 Å². The number of carbonyl (C=O) groups excluding carboxylic acids is 2. The standard InChI is InChI=1S/C19H17NO5S2/c1-23-16-4-3-12(7-17(16)24-2)15(21)9-25-18(22)8-14-11-27-19(20-14)13-5-6-26-10-13/h3-7,10-11H,8-9H2,1-2H3. The summed E-state index contributed by atoms with van der Waals surface area (Å²) in [4.78, 5) is 28.7. The number of hydrogen-bond donors (Lipinski definition) is 0. The van der Waals surface area contributed by atoms with Crippen molar-refractivity contribution < 1.29 is 23.8 Å². The molecule has 0 unspecified atom stereocenters. The molecule has 3 rings (SSSR count). The molecule has 140 valence electrons. The van der Waals surface area contributed by atoms with Crippen molar-refractivity contribution in [2.45, 2.75) is 6.42 Å². The zero-order chi connectivity index (χ0) is 19.2. The number of carbonyl (C=O) groups is 2. The Morgan fingerprint density at radius 3 is 2.59 bits per heavy atom. The molecular weight excluding hydrogens is 386 g/mol. The van der Waals surface area contributed by atoms with Gasteiger partial charge in [0.2, 0.25) is 0 Å². The summed E-state index contributed by atoms with van der Waals surface area (Å²) in [7, 11) is 3.01. The first-order chi connectivity index (χ1) is 13.1. The Hall–Kier alpha value is -2.71. The maximum absolute atomic E-state index is 12.2. The number of esters is 1. The van der Waals surface area contributed by atoms with Gasteiger partial charge in [0, 0.05) is 21.9 Å². The minimum absolute atomic E-state index is 0.0276. The molecule has 8 heteroatoms. The second-order valence-electron chi connectivity index (χ2n) is 5.49. The van der Waals surface area contributed by atoms with Crippen LogP contribution in [0.25, 0.3) is 10.6 Å². The Labute approximate surface area is 164 Å².